The van der Waals surface area contributed by atoms with Crippen LogP contribution in [-0.2, 0) is 11.2 Å². The highest BCUT2D eigenvalue weighted by atomic mass is 16.1. The van der Waals surface area contributed by atoms with Crippen LogP contribution in [0.25, 0.3) is 11.0 Å². The maximum atomic E-state index is 11.6. The Morgan fingerprint density at radius 1 is 1.44 bits per heavy atom. The fourth-order valence-electron chi connectivity index (χ4n) is 1.79. The van der Waals surface area contributed by atoms with E-state index < -0.39 is 0 Å². The smallest absolute Gasteiger partial charge is 0.222 e. The monoisotopic (exact) mass is 245 g/mol. The Morgan fingerprint density at radius 2 is 2.22 bits per heavy atom. The van der Waals surface area contributed by atoms with Gasteiger partial charge in [-0.3, -0.25) is 4.79 Å². The molecule has 0 spiro atoms. The number of hydrogen-bond acceptors (Lipinski definition) is 2. The van der Waals surface area contributed by atoms with Gasteiger partial charge in [-0.1, -0.05) is 26.0 Å². The quantitative estimate of drug-likeness (QED) is 0.849. The number of carbonyl (C=O) groups is 1. The van der Waals surface area contributed by atoms with Gasteiger partial charge in [-0.2, -0.15) is 0 Å². The number of aromatic nitrogens is 2. The molecule has 0 aliphatic carbocycles. The van der Waals surface area contributed by atoms with Crippen molar-refractivity contribution in [1.82, 2.24) is 15.3 Å². The summed E-state index contributed by atoms with van der Waals surface area (Å²) in [6, 6.07) is 7.93. The molecule has 0 aliphatic rings. The van der Waals surface area contributed by atoms with Gasteiger partial charge in [0.2, 0.25) is 5.91 Å². The third kappa shape index (κ3) is 2.88. The summed E-state index contributed by atoms with van der Waals surface area (Å²) in [5, 5.41) is 2.93. The average Bonchev–Trinajstić information content (AvgIpc) is 2.80. The van der Waals surface area contributed by atoms with Crippen LogP contribution in [0.15, 0.2) is 24.3 Å². The van der Waals surface area contributed by atoms with Crippen molar-refractivity contribution in [3.05, 3.63) is 30.1 Å². The molecule has 18 heavy (non-hydrogen) atoms. The van der Waals surface area contributed by atoms with Gasteiger partial charge in [0.15, 0.2) is 0 Å². The Balaban J connectivity index is 1.89. The van der Waals surface area contributed by atoms with Gasteiger partial charge in [-0.05, 0) is 18.6 Å². The number of nitrogens with zero attached hydrogens (tertiary/aromatic N) is 1. The molecule has 0 radical (unpaired) electrons. The van der Waals surface area contributed by atoms with Crippen LogP contribution in [0.4, 0.5) is 0 Å². The maximum Gasteiger partial charge on any atom is 0.222 e. The predicted molar refractivity (Wildman–Crippen MR) is 72.3 cm³/mol. The van der Waals surface area contributed by atoms with E-state index in [-0.39, 0.29) is 11.8 Å². The molecule has 1 aromatic heterocycles. The van der Waals surface area contributed by atoms with Gasteiger partial charge < -0.3 is 10.3 Å². The first-order chi connectivity index (χ1) is 8.70. The van der Waals surface area contributed by atoms with Gasteiger partial charge in [0.1, 0.15) is 5.82 Å². The number of fused-ring (bicyclic) bond motifs is 1. The van der Waals surface area contributed by atoms with Gasteiger partial charge in [-0.15, -0.1) is 0 Å². The molecule has 1 unspecified atom stereocenters. The molecule has 2 N–H and O–H groups in total. The second kappa shape index (κ2) is 5.67. The van der Waals surface area contributed by atoms with Crippen LogP contribution >= 0.6 is 0 Å². The third-order valence-electron chi connectivity index (χ3n) is 3.16. The Bertz CT molecular complexity index is 500. The number of hydrogen-bond donors (Lipinski definition) is 2. The topological polar surface area (TPSA) is 57.8 Å². The lowest BCUT2D eigenvalue weighted by Gasteiger charge is -2.08. The predicted octanol–water partition coefficient (Wildman–Crippen LogP) is 2.27. The van der Waals surface area contributed by atoms with E-state index in [9.17, 15) is 4.79 Å². The minimum Gasteiger partial charge on any atom is -0.355 e. The second-order valence-corrected chi connectivity index (χ2v) is 4.55. The molecule has 0 saturated heterocycles. The summed E-state index contributed by atoms with van der Waals surface area (Å²) in [5.74, 6) is 1.12. The Morgan fingerprint density at radius 3 is 2.94 bits per heavy atom. The molecule has 0 aliphatic heterocycles. The standard InChI is InChI=1S/C14H19N3O/c1-3-10(2)14(18)15-9-8-13-16-11-6-4-5-7-12(11)17-13/h4-7,10H,3,8-9H2,1-2H3,(H,15,18)(H,16,17). The van der Waals surface area contributed by atoms with Crippen molar-refractivity contribution in [1.29, 1.82) is 0 Å². The van der Waals surface area contributed by atoms with E-state index in [2.05, 4.69) is 15.3 Å². The SMILES string of the molecule is CCC(C)C(=O)NCCc1nc2ccccc2[nH]1. The van der Waals surface area contributed by atoms with Gasteiger partial charge in [0, 0.05) is 18.9 Å². The van der Waals surface area contributed by atoms with Crippen molar-refractivity contribution in [2.24, 2.45) is 5.92 Å². The molecular formula is C14H19N3O. The van der Waals surface area contributed by atoms with Crippen LogP contribution in [-0.4, -0.2) is 22.4 Å². The van der Waals surface area contributed by atoms with Crippen LogP contribution in [0.3, 0.4) is 0 Å². The summed E-state index contributed by atoms with van der Waals surface area (Å²) in [6.45, 7) is 4.59. The second-order valence-electron chi connectivity index (χ2n) is 4.55. The first kappa shape index (κ1) is 12.6. The number of carbonyl (C=O) groups excluding carboxylic acids is 1. The van der Waals surface area contributed by atoms with Crippen molar-refractivity contribution in [3.8, 4) is 0 Å². The van der Waals surface area contributed by atoms with Crippen molar-refractivity contribution < 1.29 is 4.79 Å². The molecule has 2 rings (SSSR count). The highest BCUT2D eigenvalue weighted by Gasteiger charge is 2.09. The number of aromatic amines is 1. The van der Waals surface area contributed by atoms with Gasteiger partial charge in [0.25, 0.3) is 0 Å². The third-order valence-corrected chi connectivity index (χ3v) is 3.16. The van der Waals surface area contributed by atoms with Gasteiger partial charge in [-0.25, -0.2) is 4.98 Å². The molecule has 2 aromatic rings. The van der Waals surface area contributed by atoms with Crippen LogP contribution in [0.5, 0.6) is 0 Å². The Hall–Kier alpha value is -1.84. The summed E-state index contributed by atoms with van der Waals surface area (Å²) in [7, 11) is 0. The number of rotatable bonds is 5. The van der Waals surface area contributed by atoms with Crippen molar-refractivity contribution in [2.45, 2.75) is 26.7 Å². The molecular weight excluding hydrogens is 226 g/mol. The van der Waals surface area contributed by atoms with E-state index in [1.165, 1.54) is 0 Å². The molecule has 1 atom stereocenters. The molecule has 4 heteroatoms. The number of nitrogens with one attached hydrogen (secondary N) is 2. The zero-order valence-corrected chi connectivity index (χ0v) is 10.9. The summed E-state index contributed by atoms with van der Waals surface area (Å²) >= 11 is 0. The minimum atomic E-state index is 0.0840. The lowest BCUT2D eigenvalue weighted by molar-refractivity contribution is -0.124. The van der Waals surface area contributed by atoms with E-state index in [1.54, 1.807) is 0 Å². The van der Waals surface area contributed by atoms with E-state index in [1.807, 2.05) is 38.1 Å². The Labute approximate surface area is 107 Å². The summed E-state index contributed by atoms with van der Waals surface area (Å²) in [5.41, 5.74) is 2.02. The van der Waals surface area contributed by atoms with Crippen LogP contribution in [0.1, 0.15) is 26.1 Å². The minimum absolute atomic E-state index is 0.0840. The summed E-state index contributed by atoms with van der Waals surface area (Å²) in [4.78, 5) is 19.3. The number of benzene rings is 1. The average molecular weight is 245 g/mol. The summed E-state index contributed by atoms with van der Waals surface area (Å²) < 4.78 is 0. The zero-order valence-electron chi connectivity index (χ0n) is 10.9. The zero-order chi connectivity index (χ0) is 13.0. The van der Waals surface area contributed by atoms with E-state index in [0.29, 0.717) is 6.54 Å². The van der Waals surface area contributed by atoms with Crippen molar-refractivity contribution in [3.63, 3.8) is 0 Å². The normalized spacial score (nSPS) is 12.6. The fraction of sp³-hybridized carbons (Fsp3) is 0.429. The number of amides is 1. The van der Waals surface area contributed by atoms with Gasteiger partial charge in [0.05, 0.1) is 11.0 Å². The molecule has 96 valence electrons. The number of H-pyrrole nitrogens is 1. The van der Waals surface area contributed by atoms with Gasteiger partial charge >= 0.3 is 0 Å². The van der Waals surface area contributed by atoms with E-state index in [0.717, 1.165) is 29.7 Å². The first-order valence-electron chi connectivity index (χ1n) is 6.42. The molecule has 1 amide bonds. The molecule has 1 aromatic carbocycles. The van der Waals surface area contributed by atoms with Crippen LogP contribution in [0.2, 0.25) is 0 Å². The van der Waals surface area contributed by atoms with Crippen LogP contribution < -0.4 is 5.32 Å². The van der Waals surface area contributed by atoms with E-state index in [4.69, 9.17) is 0 Å². The van der Waals surface area contributed by atoms with Crippen molar-refractivity contribution in [2.75, 3.05) is 6.54 Å². The van der Waals surface area contributed by atoms with Crippen molar-refractivity contribution >= 4 is 16.9 Å². The highest BCUT2D eigenvalue weighted by molar-refractivity contribution is 5.78. The molecule has 4 nitrogen and oxygen atoms in total. The van der Waals surface area contributed by atoms with Crippen LogP contribution in [0, 0.1) is 5.92 Å². The highest BCUT2D eigenvalue weighted by Crippen LogP contribution is 2.10. The molecule has 0 fully saturated rings. The molecule has 0 saturated carbocycles. The largest absolute Gasteiger partial charge is 0.355 e. The maximum absolute atomic E-state index is 11.6. The number of para-hydroxylation sites is 2. The molecule has 0 bridgehead atoms. The first-order valence-corrected chi connectivity index (χ1v) is 6.42. The molecule has 1 heterocycles. The summed E-state index contributed by atoms with van der Waals surface area (Å²) in [6.07, 6.45) is 1.60. The lowest BCUT2D eigenvalue weighted by Crippen LogP contribution is -2.30. The lowest BCUT2D eigenvalue weighted by atomic mass is 10.1. The fourth-order valence-corrected chi connectivity index (χ4v) is 1.79. The number of imidazole rings is 1. The Kier molecular flexibility index (Phi) is 3.97. The van der Waals surface area contributed by atoms with E-state index >= 15 is 0 Å².